The Morgan fingerprint density at radius 2 is 1.94 bits per heavy atom. The number of methoxy groups -OCH3 is 1. The number of pyridine rings is 1. The van der Waals surface area contributed by atoms with Crippen LogP contribution in [0.5, 0.6) is 11.5 Å². The molecule has 4 rings (SSSR count). The molecular formula is C22H27Cl3N4O4. The first-order valence-electron chi connectivity index (χ1n) is 9.82. The zero-order valence-corrected chi connectivity index (χ0v) is 20.7. The molecule has 1 saturated heterocycles. The van der Waals surface area contributed by atoms with Crippen LogP contribution in [0.3, 0.4) is 0 Å². The lowest BCUT2D eigenvalue weighted by Gasteiger charge is -2.35. The van der Waals surface area contributed by atoms with Crippen LogP contribution in [0, 0.1) is 6.92 Å². The predicted molar refractivity (Wildman–Crippen MR) is 132 cm³/mol. The first-order valence-corrected chi connectivity index (χ1v) is 9.82. The number of nitrogens with zero attached hydrogens (tertiary/aromatic N) is 3. The molecule has 1 unspecified atom stereocenters. The predicted octanol–water partition coefficient (Wildman–Crippen LogP) is 3.81. The van der Waals surface area contributed by atoms with Gasteiger partial charge in [0.2, 0.25) is 11.7 Å². The summed E-state index contributed by atoms with van der Waals surface area (Å²) >= 11 is 0. The normalized spacial score (nSPS) is 14.8. The molecule has 11 heteroatoms. The summed E-state index contributed by atoms with van der Waals surface area (Å²) in [6, 6.07) is 10.9. The molecule has 1 aromatic carbocycles. The van der Waals surface area contributed by atoms with E-state index in [1.165, 1.54) is 0 Å². The summed E-state index contributed by atoms with van der Waals surface area (Å²) < 4.78 is 16.9. The molecule has 1 atom stereocenters. The maximum Gasteiger partial charge on any atom is 0.292 e. The van der Waals surface area contributed by atoms with Crippen molar-refractivity contribution in [2.75, 3.05) is 33.4 Å². The molecule has 1 fully saturated rings. The first-order chi connectivity index (χ1) is 14.7. The Kier molecular flexibility index (Phi) is 11.4. The lowest BCUT2D eigenvalue weighted by Crippen LogP contribution is -2.56. The number of hydrogen-bond donors (Lipinski definition) is 1. The van der Waals surface area contributed by atoms with Crippen molar-refractivity contribution < 1.29 is 18.7 Å². The van der Waals surface area contributed by atoms with E-state index in [0.29, 0.717) is 43.6 Å². The lowest BCUT2D eigenvalue weighted by molar-refractivity contribution is 0.0528. The van der Waals surface area contributed by atoms with E-state index in [0.717, 1.165) is 11.3 Å². The molecule has 0 radical (unpaired) electrons. The third-order valence-corrected chi connectivity index (χ3v) is 5.02. The molecule has 3 heterocycles. The van der Waals surface area contributed by atoms with Crippen LogP contribution in [0.1, 0.15) is 16.2 Å². The number of carbonyl (C=O) groups excluding carboxylic acids is 1. The van der Waals surface area contributed by atoms with E-state index in [4.69, 9.17) is 13.9 Å². The Balaban J connectivity index is 0.00000181. The zero-order chi connectivity index (χ0) is 20.9. The molecule has 0 saturated carbocycles. The third kappa shape index (κ3) is 6.74. The number of amides is 1. The number of piperazine rings is 1. The number of rotatable bonds is 6. The Morgan fingerprint density at radius 1 is 1.18 bits per heavy atom. The number of oxazole rings is 1. The standard InChI is InChI=1S/C22H24N4O4.3ClH/c1-15-20(30-21(25-15)16-5-7-18(28-2)8-6-16)22(27)26-11-10-24-12-17(26)14-29-19-4-3-9-23-13-19;;;/h3-9,13,17,24H,10-12,14H2,1-2H3;3*1H. The number of nitrogens with one attached hydrogen (secondary N) is 1. The average molecular weight is 518 g/mol. The van der Waals surface area contributed by atoms with E-state index in [-0.39, 0.29) is 54.9 Å². The molecule has 180 valence electrons. The number of halogens is 3. The molecule has 8 nitrogen and oxygen atoms in total. The van der Waals surface area contributed by atoms with Crippen LogP contribution in [-0.2, 0) is 0 Å². The number of ether oxygens (including phenoxy) is 2. The summed E-state index contributed by atoms with van der Waals surface area (Å²) in [5, 5.41) is 3.32. The summed E-state index contributed by atoms with van der Waals surface area (Å²) in [5.41, 5.74) is 1.35. The van der Waals surface area contributed by atoms with E-state index in [1.807, 2.05) is 36.4 Å². The van der Waals surface area contributed by atoms with Crippen LogP contribution in [-0.4, -0.2) is 60.2 Å². The number of aromatic nitrogens is 2. The minimum atomic E-state index is -0.180. The van der Waals surface area contributed by atoms with Gasteiger partial charge in [-0.1, -0.05) is 0 Å². The highest BCUT2D eigenvalue weighted by molar-refractivity contribution is 5.93. The summed E-state index contributed by atoms with van der Waals surface area (Å²) in [4.78, 5) is 23.6. The van der Waals surface area contributed by atoms with Crippen molar-refractivity contribution in [2.24, 2.45) is 0 Å². The smallest absolute Gasteiger partial charge is 0.292 e. The van der Waals surface area contributed by atoms with Gasteiger partial charge in [-0.05, 0) is 43.3 Å². The second-order valence-corrected chi connectivity index (χ2v) is 7.02. The van der Waals surface area contributed by atoms with E-state index in [9.17, 15) is 4.79 Å². The number of hydrogen-bond acceptors (Lipinski definition) is 7. The Bertz CT molecular complexity index is 1000. The average Bonchev–Trinajstić information content (AvgIpc) is 3.19. The zero-order valence-electron chi connectivity index (χ0n) is 18.2. The molecule has 3 aromatic rings. The summed E-state index contributed by atoms with van der Waals surface area (Å²) in [6.45, 7) is 4.08. The van der Waals surface area contributed by atoms with Crippen LogP contribution in [0.25, 0.3) is 11.5 Å². The maximum absolute atomic E-state index is 13.3. The van der Waals surface area contributed by atoms with Gasteiger partial charge in [-0.2, -0.15) is 0 Å². The van der Waals surface area contributed by atoms with E-state index >= 15 is 0 Å². The van der Waals surface area contributed by atoms with Gasteiger partial charge in [-0.3, -0.25) is 9.78 Å². The minimum absolute atomic E-state index is 0. The number of aryl methyl sites for hydroxylation is 1. The molecule has 1 aliphatic heterocycles. The molecule has 0 spiro atoms. The summed E-state index contributed by atoms with van der Waals surface area (Å²) in [6.07, 6.45) is 3.35. The summed E-state index contributed by atoms with van der Waals surface area (Å²) in [5.74, 6) is 1.91. The molecule has 1 aliphatic rings. The SMILES string of the molecule is COc1ccc(-c2nc(C)c(C(=O)N3CCNCC3COc3cccnc3)o2)cc1.Cl.Cl.Cl. The lowest BCUT2D eigenvalue weighted by atomic mass is 10.2. The van der Waals surface area contributed by atoms with Crippen molar-refractivity contribution in [3.05, 3.63) is 60.2 Å². The van der Waals surface area contributed by atoms with Gasteiger partial charge in [-0.15, -0.1) is 37.2 Å². The fraction of sp³-hybridized carbons (Fsp3) is 0.318. The van der Waals surface area contributed by atoms with Gasteiger partial charge in [0.25, 0.3) is 5.91 Å². The van der Waals surface area contributed by atoms with Crippen LogP contribution < -0.4 is 14.8 Å². The van der Waals surface area contributed by atoms with Gasteiger partial charge < -0.3 is 24.1 Å². The van der Waals surface area contributed by atoms with Crippen LogP contribution in [0.15, 0.2) is 53.2 Å². The fourth-order valence-corrected chi connectivity index (χ4v) is 3.38. The van der Waals surface area contributed by atoms with Gasteiger partial charge in [-0.25, -0.2) is 4.98 Å². The number of carbonyl (C=O) groups is 1. The maximum atomic E-state index is 13.3. The van der Waals surface area contributed by atoms with Crippen molar-refractivity contribution in [2.45, 2.75) is 13.0 Å². The second kappa shape index (κ2) is 13.3. The van der Waals surface area contributed by atoms with Crippen LogP contribution in [0.2, 0.25) is 0 Å². The Morgan fingerprint density at radius 3 is 2.61 bits per heavy atom. The van der Waals surface area contributed by atoms with Gasteiger partial charge in [0, 0.05) is 31.4 Å². The van der Waals surface area contributed by atoms with E-state index in [1.54, 1.807) is 31.3 Å². The Labute approximate surface area is 211 Å². The quantitative estimate of drug-likeness (QED) is 0.532. The number of benzene rings is 1. The molecule has 0 aliphatic carbocycles. The second-order valence-electron chi connectivity index (χ2n) is 7.02. The highest BCUT2D eigenvalue weighted by Gasteiger charge is 2.31. The molecule has 1 N–H and O–H groups in total. The molecular weight excluding hydrogens is 491 g/mol. The monoisotopic (exact) mass is 516 g/mol. The molecule has 33 heavy (non-hydrogen) atoms. The highest BCUT2D eigenvalue weighted by Crippen LogP contribution is 2.25. The van der Waals surface area contributed by atoms with Crippen molar-refractivity contribution in [1.82, 2.24) is 20.2 Å². The van der Waals surface area contributed by atoms with E-state index < -0.39 is 0 Å². The highest BCUT2D eigenvalue weighted by atomic mass is 35.5. The van der Waals surface area contributed by atoms with Crippen molar-refractivity contribution >= 4 is 43.1 Å². The van der Waals surface area contributed by atoms with Gasteiger partial charge in [0.15, 0.2) is 0 Å². The van der Waals surface area contributed by atoms with E-state index in [2.05, 4.69) is 15.3 Å². The topological polar surface area (TPSA) is 89.7 Å². The molecule has 0 bridgehead atoms. The van der Waals surface area contributed by atoms with Crippen LogP contribution in [0.4, 0.5) is 0 Å². The van der Waals surface area contributed by atoms with Crippen LogP contribution >= 0.6 is 37.2 Å². The van der Waals surface area contributed by atoms with Gasteiger partial charge >= 0.3 is 0 Å². The largest absolute Gasteiger partial charge is 0.497 e. The van der Waals surface area contributed by atoms with Gasteiger partial charge in [0.05, 0.1) is 25.0 Å². The minimum Gasteiger partial charge on any atom is -0.497 e. The van der Waals surface area contributed by atoms with Crippen molar-refractivity contribution in [3.63, 3.8) is 0 Å². The Hall–Kier alpha value is -2.52. The fourth-order valence-electron chi connectivity index (χ4n) is 3.38. The first kappa shape index (κ1) is 28.5. The van der Waals surface area contributed by atoms with Crippen molar-refractivity contribution in [1.29, 1.82) is 0 Å². The third-order valence-electron chi connectivity index (χ3n) is 5.02. The molecule has 1 amide bonds. The van der Waals surface area contributed by atoms with Gasteiger partial charge in [0.1, 0.15) is 18.1 Å². The molecule has 2 aromatic heterocycles. The summed E-state index contributed by atoms with van der Waals surface area (Å²) in [7, 11) is 1.61. The van der Waals surface area contributed by atoms with Crippen molar-refractivity contribution in [3.8, 4) is 23.0 Å².